The van der Waals surface area contributed by atoms with Crippen molar-refractivity contribution in [2.45, 2.75) is 31.3 Å². The van der Waals surface area contributed by atoms with Crippen LogP contribution in [0.2, 0.25) is 0 Å². The van der Waals surface area contributed by atoms with Gasteiger partial charge in [-0.1, -0.05) is 6.07 Å². The highest BCUT2D eigenvalue weighted by Gasteiger charge is 2.24. The third-order valence-electron chi connectivity index (χ3n) is 3.12. The number of rotatable bonds is 4. The Kier molecular flexibility index (Phi) is 4.31. The summed E-state index contributed by atoms with van der Waals surface area (Å²) in [7, 11) is 1.74. The Morgan fingerprint density at radius 1 is 1.50 bits per heavy atom. The first-order chi connectivity index (χ1) is 7.90. The van der Waals surface area contributed by atoms with Crippen molar-refractivity contribution in [3.8, 4) is 0 Å². The number of methoxy groups -OCH3 is 1. The first kappa shape index (κ1) is 11.6. The second-order valence-corrected chi connectivity index (χ2v) is 4.25. The quantitative estimate of drug-likeness (QED) is 0.782. The van der Waals surface area contributed by atoms with Crippen LogP contribution in [0.1, 0.15) is 30.9 Å². The smallest absolute Gasteiger partial charge is 0.0603 e. The predicted octanol–water partition coefficient (Wildman–Crippen LogP) is 2.38. The summed E-state index contributed by atoms with van der Waals surface area (Å²) >= 11 is 0. The minimum atomic E-state index is 0.334. The van der Waals surface area contributed by atoms with Crippen molar-refractivity contribution < 1.29 is 9.47 Å². The lowest BCUT2D eigenvalue weighted by atomic mass is 9.91. The SMILES string of the molecule is COCC[C@@H]1C[C@H](c2ccccn2)CCO1. The molecule has 2 atom stereocenters. The minimum Gasteiger partial charge on any atom is -0.385 e. The monoisotopic (exact) mass is 221 g/mol. The molecule has 0 saturated carbocycles. The third kappa shape index (κ3) is 3.03. The van der Waals surface area contributed by atoms with Gasteiger partial charge in [-0.05, 0) is 31.4 Å². The van der Waals surface area contributed by atoms with Crippen LogP contribution in [0, 0.1) is 0 Å². The lowest BCUT2D eigenvalue weighted by Gasteiger charge is -2.29. The third-order valence-corrected chi connectivity index (χ3v) is 3.12. The lowest BCUT2D eigenvalue weighted by Crippen LogP contribution is -2.26. The summed E-state index contributed by atoms with van der Waals surface area (Å²) in [5.74, 6) is 0.553. The molecule has 1 aromatic heterocycles. The highest BCUT2D eigenvalue weighted by Crippen LogP contribution is 2.29. The minimum absolute atomic E-state index is 0.334. The zero-order valence-corrected chi connectivity index (χ0v) is 9.76. The first-order valence-electron chi connectivity index (χ1n) is 5.91. The zero-order valence-electron chi connectivity index (χ0n) is 9.76. The number of ether oxygens (including phenoxy) is 2. The second kappa shape index (κ2) is 5.97. The molecule has 1 fully saturated rings. The van der Waals surface area contributed by atoms with Crippen LogP contribution in [-0.4, -0.2) is 31.4 Å². The van der Waals surface area contributed by atoms with Gasteiger partial charge in [0.25, 0.3) is 0 Å². The van der Waals surface area contributed by atoms with Crippen molar-refractivity contribution in [2.24, 2.45) is 0 Å². The van der Waals surface area contributed by atoms with Crippen molar-refractivity contribution in [1.29, 1.82) is 0 Å². The summed E-state index contributed by atoms with van der Waals surface area (Å²) in [5, 5.41) is 0. The molecule has 0 radical (unpaired) electrons. The maximum absolute atomic E-state index is 5.72. The molecular weight excluding hydrogens is 202 g/mol. The lowest BCUT2D eigenvalue weighted by molar-refractivity contribution is -0.0110. The fourth-order valence-corrected chi connectivity index (χ4v) is 2.22. The maximum atomic E-state index is 5.72. The van der Waals surface area contributed by atoms with E-state index in [9.17, 15) is 0 Å². The Bertz CT molecular complexity index is 302. The van der Waals surface area contributed by atoms with E-state index in [4.69, 9.17) is 9.47 Å². The van der Waals surface area contributed by atoms with Gasteiger partial charge in [0.15, 0.2) is 0 Å². The van der Waals surface area contributed by atoms with Gasteiger partial charge >= 0.3 is 0 Å². The van der Waals surface area contributed by atoms with Crippen LogP contribution in [0.4, 0.5) is 0 Å². The van der Waals surface area contributed by atoms with Crippen LogP contribution >= 0.6 is 0 Å². The van der Waals surface area contributed by atoms with Gasteiger partial charge in [0.05, 0.1) is 6.10 Å². The molecule has 0 spiro atoms. The van der Waals surface area contributed by atoms with Gasteiger partial charge in [-0.3, -0.25) is 4.98 Å². The van der Waals surface area contributed by atoms with Crippen molar-refractivity contribution in [3.05, 3.63) is 30.1 Å². The average molecular weight is 221 g/mol. The largest absolute Gasteiger partial charge is 0.385 e. The summed E-state index contributed by atoms with van der Waals surface area (Å²) in [4.78, 5) is 4.43. The van der Waals surface area contributed by atoms with E-state index in [1.165, 1.54) is 5.69 Å². The van der Waals surface area contributed by atoms with Crippen LogP contribution in [-0.2, 0) is 9.47 Å². The van der Waals surface area contributed by atoms with Crippen molar-refractivity contribution in [2.75, 3.05) is 20.3 Å². The normalized spacial score (nSPS) is 25.6. The molecule has 1 saturated heterocycles. The van der Waals surface area contributed by atoms with Gasteiger partial charge in [-0.25, -0.2) is 0 Å². The molecule has 1 aliphatic rings. The van der Waals surface area contributed by atoms with Crippen LogP contribution in [0.3, 0.4) is 0 Å². The molecule has 0 N–H and O–H groups in total. The van der Waals surface area contributed by atoms with Crippen molar-refractivity contribution in [3.63, 3.8) is 0 Å². The Morgan fingerprint density at radius 3 is 3.19 bits per heavy atom. The van der Waals surface area contributed by atoms with E-state index in [1.54, 1.807) is 7.11 Å². The highest BCUT2D eigenvalue weighted by atomic mass is 16.5. The maximum Gasteiger partial charge on any atom is 0.0603 e. The fourth-order valence-electron chi connectivity index (χ4n) is 2.22. The summed E-state index contributed by atoms with van der Waals surface area (Å²) in [6.45, 7) is 1.62. The molecule has 1 aromatic rings. The van der Waals surface area contributed by atoms with E-state index >= 15 is 0 Å². The van der Waals surface area contributed by atoms with Crippen LogP contribution < -0.4 is 0 Å². The molecule has 1 aliphatic heterocycles. The van der Waals surface area contributed by atoms with E-state index in [2.05, 4.69) is 17.1 Å². The van der Waals surface area contributed by atoms with Gasteiger partial charge < -0.3 is 9.47 Å². The van der Waals surface area contributed by atoms with Crippen molar-refractivity contribution >= 4 is 0 Å². The molecule has 0 aromatic carbocycles. The Labute approximate surface area is 96.8 Å². The van der Waals surface area contributed by atoms with Gasteiger partial charge in [0, 0.05) is 38.1 Å². The number of aromatic nitrogens is 1. The molecule has 16 heavy (non-hydrogen) atoms. The summed E-state index contributed by atoms with van der Waals surface area (Å²) in [5.41, 5.74) is 1.20. The Balaban J connectivity index is 1.91. The molecule has 88 valence electrons. The zero-order chi connectivity index (χ0) is 11.2. The predicted molar refractivity (Wildman–Crippen MR) is 62.4 cm³/mol. The fraction of sp³-hybridized carbons (Fsp3) is 0.615. The highest BCUT2D eigenvalue weighted by molar-refractivity contribution is 5.10. The summed E-state index contributed by atoms with van der Waals surface area (Å²) in [6, 6.07) is 6.14. The molecule has 3 nitrogen and oxygen atoms in total. The number of pyridine rings is 1. The van der Waals surface area contributed by atoms with Gasteiger partial charge in [0.1, 0.15) is 0 Å². The van der Waals surface area contributed by atoms with E-state index in [1.807, 2.05) is 12.3 Å². The van der Waals surface area contributed by atoms with Crippen LogP contribution in [0.15, 0.2) is 24.4 Å². The van der Waals surface area contributed by atoms with Gasteiger partial charge in [0.2, 0.25) is 0 Å². The molecule has 0 amide bonds. The molecule has 0 aliphatic carbocycles. The second-order valence-electron chi connectivity index (χ2n) is 4.25. The summed E-state index contributed by atoms with van der Waals surface area (Å²) in [6.07, 6.45) is 5.34. The molecule has 2 heterocycles. The Hall–Kier alpha value is -0.930. The molecule has 0 unspecified atom stereocenters. The van der Waals surface area contributed by atoms with E-state index < -0.39 is 0 Å². The molecule has 2 rings (SSSR count). The summed E-state index contributed by atoms with van der Waals surface area (Å²) < 4.78 is 10.8. The van der Waals surface area contributed by atoms with Crippen LogP contribution in [0.25, 0.3) is 0 Å². The average Bonchev–Trinajstić information content (AvgIpc) is 2.38. The molecule has 3 heteroatoms. The van der Waals surface area contributed by atoms with E-state index in [-0.39, 0.29) is 0 Å². The van der Waals surface area contributed by atoms with Gasteiger partial charge in [-0.15, -0.1) is 0 Å². The van der Waals surface area contributed by atoms with E-state index in [0.717, 1.165) is 32.5 Å². The standard InChI is InChI=1S/C13H19NO2/c1-15-8-6-12-10-11(5-9-16-12)13-4-2-3-7-14-13/h2-4,7,11-12H,5-6,8-10H2,1H3/t11-,12-/m1/s1. The first-order valence-corrected chi connectivity index (χ1v) is 5.91. The molecular formula is C13H19NO2. The van der Waals surface area contributed by atoms with Crippen LogP contribution in [0.5, 0.6) is 0 Å². The number of hydrogen-bond acceptors (Lipinski definition) is 3. The van der Waals surface area contributed by atoms with Gasteiger partial charge in [-0.2, -0.15) is 0 Å². The van der Waals surface area contributed by atoms with Crippen molar-refractivity contribution in [1.82, 2.24) is 4.98 Å². The topological polar surface area (TPSA) is 31.4 Å². The Morgan fingerprint density at radius 2 is 2.44 bits per heavy atom. The number of hydrogen-bond donors (Lipinski definition) is 0. The molecule has 0 bridgehead atoms. The number of nitrogens with zero attached hydrogens (tertiary/aromatic N) is 1. The van der Waals surface area contributed by atoms with E-state index in [0.29, 0.717) is 12.0 Å².